The van der Waals surface area contributed by atoms with Gasteiger partial charge in [0.2, 0.25) is 0 Å². The Morgan fingerprint density at radius 2 is 1.88 bits per heavy atom. The second-order valence-corrected chi connectivity index (χ2v) is 8.43. The average Bonchev–Trinajstić information content (AvgIpc) is 3.34. The zero-order chi connectivity index (χ0) is 22.5. The minimum absolute atomic E-state index is 0.168. The number of benzene rings is 2. The number of pyridine rings is 1. The fourth-order valence-corrected chi connectivity index (χ4v) is 5.08. The molecule has 4 heterocycles. The number of urea groups is 1. The molecule has 6 rings (SSSR count). The fraction of sp³-hybridized carbons (Fsp3) is 0.192. The molecule has 164 valence electrons. The van der Waals surface area contributed by atoms with Crippen molar-refractivity contribution < 1.29 is 14.3 Å². The first-order valence-corrected chi connectivity index (χ1v) is 10.9. The summed E-state index contributed by atoms with van der Waals surface area (Å²) < 4.78 is 5.33. The van der Waals surface area contributed by atoms with Crippen molar-refractivity contribution in [3.63, 3.8) is 0 Å². The fourth-order valence-electron chi connectivity index (χ4n) is 5.08. The topological polar surface area (TPSA) is 78.5 Å². The van der Waals surface area contributed by atoms with E-state index in [-0.39, 0.29) is 18.5 Å². The molecule has 1 saturated heterocycles. The van der Waals surface area contributed by atoms with Crippen LogP contribution in [0.3, 0.4) is 0 Å². The van der Waals surface area contributed by atoms with Gasteiger partial charge in [-0.25, -0.2) is 4.79 Å². The van der Waals surface area contributed by atoms with E-state index in [2.05, 4.69) is 16.0 Å². The predicted octanol–water partition coefficient (Wildman–Crippen LogP) is 4.05. The maximum atomic E-state index is 13.7. The SMILES string of the molecule is COc1ccc(C2c3[nH]c4ccccc4c3CC3C(=O)N(Cc4cccnc4)C(=O)N32)cc1. The van der Waals surface area contributed by atoms with Gasteiger partial charge in [-0.2, -0.15) is 0 Å². The first-order valence-electron chi connectivity index (χ1n) is 10.9. The molecule has 0 spiro atoms. The van der Waals surface area contributed by atoms with Crippen molar-refractivity contribution in [1.82, 2.24) is 19.8 Å². The highest BCUT2D eigenvalue weighted by Gasteiger charge is 2.52. The van der Waals surface area contributed by atoms with Crippen LogP contribution in [-0.2, 0) is 17.8 Å². The smallest absolute Gasteiger partial charge is 0.328 e. The number of H-pyrrole nitrogens is 1. The van der Waals surface area contributed by atoms with Crippen LogP contribution < -0.4 is 4.74 Å². The van der Waals surface area contributed by atoms with E-state index in [1.807, 2.05) is 54.6 Å². The van der Waals surface area contributed by atoms with Crippen molar-refractivity contribution >= 4 is 22.8 Å². The quantitative estimate of drug-likeness (QED) is 0.488. The van der Waals surface area contributed by atoms with E-state index in [4.69, 9.17) is 4.74 Å². The van der Waals surface area contributed by atoms with Crippen LogP contribution in [0.1, 0.15) is 28.4 Å². The Morgan fingerprint density at radius 3 is 2.64 bits per heavy atom. The van der Waals surface area contributed by atoms with Gasteiger partial charge in [0.15, 0.2) is 0 Å². The third kappa shape index (κ3) is 3.00. The molecule has 7 nitrogen and oxygen atoms in total. The number of nitrogens with one attached hydrogen (secondary N) is 1. The van der Waals surface area contributed by atoms with Crippen molar-refractivity contribution in [3.8, 4) is 5.75 Å². The van der Waals surface area contributed by atoms with Gasteiger partial charge in [0.05, 0.1) is 13.7 Å². The zero-order valence-corrected chi connectivity index (χ0v) is 18.1. The molecule has 2 atom stereocenters. The van der Waals surface area contributed by atoms with Gasteiger partial charge in [-0.15, -0.1) is 0 Å². The number of para-hydroxylation sites is 1. The molecule has 3 amide bonds. The van der Waals surface area contributed by atoms with E-state index < -0.39 is 12.1 Å². The Bertz CT molecular complexity index is 1360. The van der Waals surface area contributed by atoms with Crippen molar-refractivity contribution in [2.45, 2.75) is 25.0 Å². The Kier molecular flexibility index (Phi) is 4.43. The molecular weight excluding hydrogens is 416 g/mol. The highest BCUT2D eigenvalue weighted by atomic mass is 16.5. The van der Waals surface area contributed by atoms with Gasteiger partial charge >= 0.3 is 6.03 Å². The number of carbonyl (C=O) groups is 2. The second-order valence-electron chi connectivity index (χ2n) is 8.43. The highest BCUT2D eigenvalue weighted by Crippen LogP contribution is 2.44. The van der Waals surface area contributed by atoms with Crippen molar-refractivity contribution in [1.29, 1.82) is 0 Å². The first-order chi connectivity index (χ1) is 16.2. The van der Waals surface area contributed by atoms with Gasteiger partial charge in [-0.3, -0.25) is 19.6 Å². The van der Waals surface area contributed by atoms with Crippen molar-refractivity contribution in [2.24, 2.45) is 0 Å². The van der Waals surface area contributed by atoms with Crippen LogP contribution >= 0.6 is 0 Å². The number of nitrogens with zero attached hydrogens (tertiary/aromatic N) is 3. The van der Waals surface area contributed by atoms with Crippen LogP contribution in [-0.4, -0.2) is 44.9 Å². The third-order valence-corrected chi connectivity index (χ3v) is 6.63. The number of methoxy groups -OCH3 is 1. The number of aromatic nitrogens is 2. The highest BCUT2D eigenvalue weighted by molar-refractivity contribution is 6.05. The molecule has 2 aromatic carbocycles. The summed E-state index contributed by atoms with van der Waals surface area (Å²) in [4.78, 5) is 37.9. The Balaban J connectivity index is 1.48. The lowest BCUT2D eigenvalue weighted by molar-refractivity contribution is -0.129. The average molecular weight is 438 g/mol. The van der Waals surface area contributed by atoms with E-state index in [0.29, 0.717) is 6.42 Å². The minimum atomic E-state index is -0.548. The normalized spacial score (nSPS) is 19.7. The monoisotopic (exact) mass is 438 g/mol. The Hall–Kier alpha value is -4.13. The van der Waals surface area contributed by atoms with E-state index in [1.54, 1.807) is 24.4 Å². The lowest BCUT2D eigenvalue weighted by Crippen LogP contribution is -2.44. The number of amides is 3. The van der Waals surface area contributed by atoms with Crippen LogP contribution in [0.25, 0.3) is 10.9 Å². The van der Waals surface area contributed by atoms with Crippen LogP contribution in [0.2, 0.25) is 0 Å². The van der Waals surface area contributed by atoms with Gasteiger partial charge in [0.25, 0.3) is 5.91 Å². The second kappa shape index (κ2) is 7.48. The zero-order valence-electron chi connectivity index (χ0n) is 18.1. The van der Waals surface area contributed by atoms with Gasteiger partial charge in [-0.1, -0.05) is 36.4 Å². The molecular formula is C26H22N4O3. The molecule has 1 fully saturated rings. The van der Waals surface area contributed by atoms with Crippen LogP contribution in [0.4, 0.5) is 4.79 Å². The van der Waals surface area contributed by atoms with E-state index in [9.17, 15) is 9.59 Å². The summed E-state index contributed by atoms with van der Waals surface area (Å²) in [6, 6.07) is 18.2. The number of carbonyl (C=O) groups excluding carboxylic acids is 2. The van der Waals surface area contributed by atoms with Crippen LogP contribution in [0.5, 0.6) is 5.75 Å². The van der Waals surface area contributed by atoms with Gasteiger partial charge < -0.3 is 9.72 Å². The molecule has 1 N–H and O–H groups in total. The summed E-state index contributed by atoms with van der Waals surface area (Å²) in [6.45, 7) is 0.211. The summed E-state index contributed by atoms with van der Waals surface area (Å²) in [5.41, 5.74) is 4.81. The van der Waals surface area contributed by atoms with Crippen LogP contribution in [0, 0.1) is 0 Å². The number of fused-ring (bicyclic) bond motifs is 4. The largest absolute Gasteiger partial charge is 0.497 e. The predicted molar refractivity (Wildman–Crippen MR) is 123 cm³/mol. The van der Waals surface area contributed by atoms with Crippen molar-refractivity contribution in [2.75, 3.05) is 7.11 Å². The molecule has 2 aliphatic heterocycles. The molecule has 0 radical (unpaired) electrons. The van der Waals surface area contributed by atoms with E-state index in [1.165, 1.54) is 4.90 Å². The third-order valence-electron chi connectivity index (χ3n) is 6.63. The summed E-state index contributed by atoms with van der Waals surface area (Å²) in [5.74, 6) is 0.573. The number of hydrogen-bond acceptors (Lipinski definition) is 4. The molecule has 2 aliphatic rings. The van der Waals surface area contributed by atoms with Crippen molar-refractivity contribution in [3.05, 3.63) is 95.4 Å². The summed E-state index contributed by atoms with van der Waals surface area (Å²) in [6.07, 6.45) is 3.85. The lowest BCUT2D eigenvalue weighted by Gasteiger charge is -2.36. The Labute approximate surface area is 190 Å². The summed E-state index contributed by atoms with van der Waals surface area (Å²) in [5, 5.41) is 1.09. The summed E-state index contributed by atoms with van der Waals surface area (Å²) >= 11 is 0. The molecule has 2 aromatic heterocycles. The molecule has 2 unspecified atom stereocenters. The molecule has 33 heavy (non-hydrogen) atoms. The number of hydrogen-bond donors (Lipinski definition) is 1. The van der Waals surface area contributed by atoms with Crippen LogP contribution in [0.15, 0.2) is 73.1 Å². The Morgan fingerprint density at radius 1 is 1.06 bits per heavy atom. The van der Waals surface area contributed by atoms with E-state index >= 15 is 0 Å². The molecule has 7 heteroatoms. The molecule has 0 bridgehead atoms. The standard InChI is InChI=1S/C26H22N4O3/c1-33-18-10-8-17(9-11-18)24-23-20(19-6-2-3-7-21(19)28-23)13-22-25(31)29(26(32)30(22)24)15-16-5-4-12-27-14-16/h2-12,14,22,24,28H,13,15H2,1H3. The van der Waals surface area contributed by atoms with E-state index in [0.717, 1.165) is 39.0 Å². The number of aromatic amines is 1. The molecule has 0 saturated carbocycles. The maximum Gasteiger partial charge on any atom is 0.328 e. The van der Waals surface area contributed by atoms with Gasteiger partial charge in [0.1, 0.15) is 17.8 Å². The number of imide groups is 1. The summed E-state index contributed by atoms with van der Waals surface area (Å²) in [7, 11) is 1.63. The number of rotatable bonds is 4. The maximum absolute atomic E-state index is 13.7. The van der Waals surface area contributed by atoms with Gasteiger partial charge in [0, 0.05) is 35.4 Å². The lowest BCUT2D eigenvalue weighted by atomic mass is 9.89. The molecule has 4 aromatic rings. The van der Waals surface area contributed by atoms with Gasteiger partial charge in [-0.05, 0) is 41.0 Å². The molecule has 0 aliphatic carbocycles. The first kappa shape index (κ1) is 19.5. The minimum Gasteiger partial charge on any atom is -0.497 e. The number of ether oxygens (including phenoxy) is 1.